The van der Waals surface area contributed by atoms with Crippen LogP contribution >= 0.6 is 15.6 Å². The molecular weight excluding hydrogens is 300 g/mol. The Bertz CT molecular complexity index is 454. The first-order valence-corrected chi connectivity index (χ1v) is 9.90. The number of hydrogen-bond donors (Lipinski definition) is 2. The fraction of sp³-hybridized carbons (Fsp3) is 0.583. The van der Waals surface area contributed by atoms with E-state index in [0.717, 1.165) is 5.69 Å². The molecule has 1 heterocycles. The van der Waals surface area contributed by atoms with E-state index in [1.807, 2.05) is 18.2 Å². The van der Waals surface area contributed by atoms with Crippen molar-refractivity contribution in [1.82, 2.24) is 4.98 Å². The predicted octanol–water partition coefficient (Wildman–Crippen LogP) is 2.46. The molecule has 1 aromatic rings. The molecule has 0 aliphatic heterocycles. The zero-order chi connectivity index (χ0) is 14.8. The molecule has 6 nitrogen and oxygen atoms in total. The number of nitrogens with zero attached hydrogens (tertiary/aromatic N) is 1. The van der Waals surface area contributed by atoms with Gasteiger partial charge in [0.1, 0.15) is 0 Å². The molecule has 0 amide bonds. The minimum atomic E-state index is -3.57. The molecule has 0 aromatic carbocycles. The normalized spacial score (nSPS) is 15.7. The summed E-state index contributed by atoms with van der Waals surface area (Å²) in [5.74, 6) is 0. The second kappa shape index (κ2) is 9.43. The van der Waals surface area contributed by atoms with Crippen LogP contribution < -0.4 is 0 Å². The maximum atomic E-state index is 11.7. The summed E-state index contributed by atoms with van der Waals surface area (Å²) in [6.07, 6.45) is 4.16. The van der Waals surface area contributed by atoms with Crippen LogP contribution in [-0.4, -0.2) is 33.7 Å². The molecule has 2 atom stereocenters. The van der Waals surface area contributed by atoms with Crippen molar-refractivity contribution in [2.75, 3.05) is 18.9 Å². The Morgan fingerprint density at radius 2 is 2.10 bits per heavy atom. The lowest BCUT2D eigenvalue weighted by Crippen LogP contribution is -2.00. The molecular formula is C12H21NO5P2. The Labute approximate surface area is 119 Å². The smallest absolute Gasteiger partial charge is 0.328 e. The van der Waals surface area contributed by atoms with Crippen LogP contribution in [0.1, 0.15) is 25.0 Å². The molecule has 114 valence electrons. The average Bonchev–Trinajstić information content (AvgIpc) is 2.41. The minimum absolute atomic E-state index is 0.0335. The number of unbranched alkanes of at least 4 members (excludes halogenated alkanes) is 1. The molecule has 1 aromatic heterocycles. The third-order valence-electron chi connectivity index (χ3n) is 2.68. The summed E-state index contributed by atoms with van der Waals surface area (Å²) in [5, 5.41) is 0. The molecule has 8 heteroatoms. The van der Waals surface area contributed by atoms with Crippen LogP contribution in [0.4, 0.5) is 0 Å². The van der Waals surface area contributed by atoms with E-state index in [0.29, 0.717) is 25.7 Å². The second-order valence-corrected chi connectivity index (χ2v) is 7.74. The van der Waals surface area contributed by atoms with E-state index in [1.165, 1.54) is 0 Å². The fourth-order valence-electron chi connectivity index (χ4n) is 1.66. The van der Waals surface area contributed by atoms with Gasteiger partial charge in [0.05, 0.1) is 12.8 Å². The van der Waals surface area contributed by atoms with Gasteiger partial charge in [-0.15, -0.1) is 0 Å². The Kier molecular flexibility index (Phi) is 8.27. The maximum Gasteiger partial charge on any atom is 0.328 e. The van der Waals surface area contributed by atoms with Crippen molar-refractivity contribution in [2.24, 2.45) is 0 Å². The van der Waals surface area contributed by atoms with Crippen LogP contribution in [0.2, 0.25) is 0 Å². The third-order valence-corrected chi connectivity index (χ3v) is 4.93. The first-order valence-electron chi connectivity index (χ1n) is 6.58. The molecule has 20 heavy (non-hydrogen) atoms. The van der Waals surface area contributed by atoms with Gasteiger partial charge in [-0.25, -0.2) is 0 Å². The SMILES string of the molecule is O=[PH](O)CCCCP(=O)(O)OCCCc1ccccn1. The molecule has 0 spiro atoms. The van der Waals surface area contributed by atoms with Crippen LogP contribution in [-0.2, 0) is 20.1 Å². The molecule has 0 radical (unpaired) electrons. The Hall–Kier alpha value is -0.510. The lowest BCUT2D eigenvalue weighted by atomic mass is 10.2. The van der Waals surface area contributed by atoms with Gasteiger partial charge in [-0.05, 0) is 37.8 Å². The van der Waals surface area contributed by atoms with Crippen molar-refractivity contribution >= 4 is 15.6 Å². The van der Waals surface area contributed by atoms with Gasteiger partial charge in [0.15, 0.2) is 8.03 Å². The minimum Gasteiger partial charge on any atom is -0.346 e. The molecule has 0 aliphatic rings. The monoisotopic (exact) mass is 321 g/mol. The number of aryl methyl sites for hydroxylation is 1. The molecule has 0 saturated heterocycles. The van der Waals surface area contributed by atoms with E-state index in [9.17, 15) is 14.0 Å². The fourth-order valence-corrected chi connectivity index (χ4v) is 3.38. The number of aromatic nitrogens is 1. The highest BCUT2D eigenvalue weighted by Gasteiger charge is 2.18. The maximum absolute atomic E-state index is 11.7. The topological polar surface area (TPSA) is 96.7 Å². The van der Waals surface area contributed by atoms with Gasteiger partial charge in [-0.1, -0.05) is 6.07 Å². The molecule has 2 N–H and O–H groups in total. The van der Waals surface area contributed by atoms with E-state index in [1.54, 1.807) is 6.20 Å². The highest BCUT2D eigenvalue weighted by molar-refractivity contribution is 7.52. The van der Waals surface area contributed by atoms with Crippen LogP contribution in [0.5, 0.6) is 0 Å². The van der Waals surface area contributed by atoms with E-state index in [2.05, 4.69) is 4.98 Å². The Morgan fingerprint density at radius 3 is 2.75 bits per heavy atom. The first kappa shape index (κ1) is 17.5. The second-order valence-electron chi connectivity index (χ2n) is 4.47. The molecule has 0 aliphatic carbocycles. The quantitative estimate of drug-likeness (QED) is 0.507. The number of rotatable bonds is 10. The zero-order valence-electron chi connectivity index (χ0n) is 11.3. The third kappa shape index (κ3) is 8.62. The van der Waals surface area contributed by atoms with E-state index in [-0.39, 0.29) is 18.9 Å². The average molecular weight is 321 g/mol. The van der Waals surface area contributed by atoms with Crippen LogP contribution in [0.25, 0.3) is 0 Å². The highest BCUT2D eigenvalue weighted by Crippen LogP contribution is 2.43. The zero-order valence-corrected chi connectivity index (χ0v) is 13.2. The van der Waals surface area contributed by atoms with E-state index in [4.69, 9.17) is 9.42 Å². The van der Waals surface area contributed by atoms with Crippen molar-refractivity contribution < 1.29 is 23.4 Å². The van der Waals surface area contributed by atoms with Gasteiger partial charge in [0, 0.05) is 18.1 Å². The van der Waals surface area contributed by atoms with Crippen molar-refractivity contribution in [3.05, 3.63) is 30.1 Å². The summed E-state index contributed by atoms with van der Waals surface area (Å²) in [4.78, 5) is 22.4. The summed E-state index contributed by atoms with van der Waals surface area (Å²) in [7, 11) is -6.04. The van der Waals surface area contributed by atoms with Gasteiger partial charge in [-0.3, -0.25) is 14.1 Å². The summed E-state index contributed by atoms with van der Waals surface area (Å²) >= 11 is 0. The van der Waals surface area contributed by atoms with E-state index >= 15 is 0 Å². The molecule has 2 unspecified atom stereocenters. The standard InChI is InChI=1S/C12H21NO5P2/c14-19(15)10-3-4-11-20(16,17)18-9-5-7-12-6-1-2-8-13-12/h1-2,6,8,19H,3-5,7,9-11H2,(H,14,15)(H,16,17). The van der Waals surface area contributed by atoms with Crippen LogP contribution in [0, 0.1) is 0 Å². The summed E-state index contributed by atoms with van der Waals surface area (Å²) in [6, 6.07) is 5.63. The van der Waals surface area contributed by atoms with Crippen LogP contribution in [0.15, 0.2) is 24.4 Å². The lowest BCUT2D eigenvalue weighted by molar-refractivity contribution is 0.255. The van der Waals surface area contributed by atoms with Gasteiger partial charge >= 0.3 is 7.60 Å². The predicted molar refractivity (Wildman–Crippen MR) is 78.5 cm³/mol. The molecule has 1 rings (SSSR count). The van der Waals surface area contributed by atoms with Crippen molar-refractivity contribution in [3.63, 3.8) is 0 Å². The van der Waals surface area contributed by atoms with Gasteiger partial charge in [-0.2, -0.15) is 0 Å². The summed E-state index contributed by atoms with van der Waals surface area (Å²) in [5.41, 5.74) is 0.928. The van der Waals surface area contributed by atoms with Gasteiger partial charge in [0.2, 0.25) is 0 Å². The lowest BCUT2D eigenvalue weighted by Gasteiger charge is -2.11. The summed E-state index contributed by atoms with van der Waals surface area (Å²) in [6.45, 7) is 0.209. The van der Waals surface area contributed by atoms with Gasteiger partial charge in [0.25, 0.3) is 0 Å². The first-order chi connectivity index (χ1) is 9.49. The van der Waals surface area contributed by atoms with E-state index < -0.39 is 15.6 Å². The molecule has 0 saturated carbocycles. The van der Waals surface area contributed by atoms with Gasteiger partial charge < -0.3 is 14.3 Å². The van der Waals surface area contributed by atoms with Crippen molar-refractivity contribution in [2.45, 2.75) is 25.7 Å². The highest BCUT2D eigenvalue weighted by atomic mass is 31.2. The largest absolute Gasteiger partial charge is 0.346 e. The Morgan fingerprint density at radius 1 is 1.30 bits per heavy atom. The van der Waals surface area contributed by atoms with Crippen LogP contribution in [0.3, 0.4) is 0 Å². The van der Waals surface area contributed by atoms with Crippen molar-refractivity contribution in [3.8, 4) is 0 Å². The molecule has 0 bridgehead atoms. The number of hydrogen-bond acceptors (Lipinski definition) is 4. The number of pyridine rings is 1. The molecule has 0 fully saturated rings. The Balaban J connectivity index is 2.13. The summed E-state index contributed by atoms with van der Waals surface area (Å²) < 4.78 is 27.2. The van der Waals surface area contributed by atoms with Crippen molar-refractivity contribution in [1.29, 1.82) is 0 Å².